The summed E-state index contributed by atoms with van der Waals surface area (Å²) in [6.45, 7) is 3.75. The van der Waals surface area contributed by atoms with Crippen molar-refractivity contribution in [3.63, 3.8) is 0 Å². The van der Waals surface area contributed by atoms with Crippen LogP contribution in [0.2, 0.25) is 0 Å². The summed E-state index contributed by atoms with van der Waals surface area (Å²) in [5.41, 5.74) is 0. The summed E-state index contributed by atoms with van der Waals surface area (Å²) in [6, 6.07) is 0. The van der Waals surface area contributed by atoms with Gasteiger partial charge >= 0.3 is 5.97 Å². The standard InChI is InChI=1S/C15H24N2O4/c1-2-16-13(18)10-5-7-17(8-6-10)14(19)11-3-4-12(9-11)15(20)21/h10-12H,2-9H2,1H3,(H,16,18)(H,20,21). The molecule has 2 N–H and O–H groups in total. The van der Waals surface area contributed by atoms with Gasteiger partial charge in [-0.05, 0) is 39.0 Å². The molecule has 2 aliphatic rings. The zero-order chi connectivity index (χ0) is 15.4. The van der Waals surface area contributed by atoms with Crippen LogP contribution < -0.4 is 5.32 Å². The molecule has 1 saturated carbocycles. The molecular weight excluding hydrogens is 272 g/mol. The van der Waals surface area contributed by atoms with Crippen molar-refractivity contribution in [3.8, 4) is 0 Å². The predicted octanol–water partition coefficient (Wildman–Crippen LogP) is 0.862. The number of carbonyl (C=O) groups is 3. The predicted molar refractivity (Wildman–Crippen MR) is 76.5 cm³/mol. The van der Waals surface area contributed by atoms with Gasteiger partial charge in [-0.15, -0.1) is 0 Å². The number of hydrogen-bond donors (Lipinski definition) is 2. The van der Waals surface area contributed by atoms with Gasteiger partial charge in [0, 0.05) is 31.5 Å². The lowest BCUT2D eigenvalue weighted by atomic mass is 9.94. The van der Waals surface area contributed by atoms with Gasteiger partial charge in [-0.3, -0.25) is 14.4 Å². The molecule has 2 amide bonds. The van der Waals surface area contributed by atoms with Crippen molar-refractivity contribution in [2.45, 2.75) is 39.0 Å². The van der Waals surface area contributed by atoms with Crippen LogP contribution in [0.5, 0.6) is 0 Å². The second-order valence-electron chi connectivity index (χ2n) is 6.04. The van der Waals surface area contributed by atoms with Crippen LogP contribution in [0.15, 0.2) is 0 Å². The first-order valence-electron chi connectivity index (χ1n) is 7.82. The van der Waals surface area contributed by atoms with Gasteiger partial charge in [-0.25, -0.2) is 0 Å². The van der Waals surface area contributed by atoms with Gasteiger partial charge in [0.1, 0.15) is 0 Å². The summed E-state index contributed by atoms with van der Waals surface area (Å²) in [4.78, 5) is 36.9. The first kappa shape index (κ1) is 15.8. The molecule has 1 saturated heterocycles. The maximum Gasteiger partial charge on any atom is 0.306 e. The molecule has 2 fully saturated rings. The third-order valence-corrected chi connectivity index (χ3v) is 4.66. The molecule has 0 aromatic carbocycles. The third-order valence-electron chi connectivity index (χ3n) is 4.66. The lowest BCUT2D eigenvalue weighted by molar-refractivity contribution is -0.142. The van der Waals surface area contributed by atoms with Crippen LogP contribution in [0.4, 0.5) is 0 Å². The van der Waals surface area contributed by atoms with Gasteiger partial charge in [0.15, 0.2) is 0 Å². The monoisotopic (exact) mass is 296 g/mol. The number of aliphatic carboxylic acids is 1. The molecule has 0 bridgehead atoms. The second-order valence-corrected chi connectivity index (χ2v) is 6.04. The third kappa shape index (κ3) is 3.74. The van der Waals surface area contributed by atoms with E-state index in [1.807, 2.05) is 11.8 Å². The van der Waals surface area contributed by atoms with Gasteiger partial charge in [-0.1, -0.05) is 0 Å². The topological polar surface area (TPSA) is 86.7 Å². The van der Waals surface area contributed by atoms with Crippen LogP contribution in [-0.4, -0.2) is 47.4 Å². The van der Waals surface area contributed by atoms with Crippen LogP contribution in [0, 0.1) is 17.8 Å². The van der Waals surface area contributed by atoms with Crippen molar-refractivity contribution in [1.29, 1.82) is 0 Å². The van der Waals surface area contributed by atoms with Gasteiger partial charge in [-0.2, -0.15) is 0 Å². The Morgan fingerprint density at radius 2 is 1.67 bits per heavy atom. The van der Waals surface area contributed by atoms with E-state index in [4.69, 9.17) is 5.11 Å². The maximum atomic E-state index is 12.4. The van der Waals surface area contributed by atoms with E-state index in [1.165, 1.54) is 0 Å². The lowest BCUT2D eigenvalue weighted by Gasteiger charge is -2.33. The summed E-state index contributed by atoms with van der Waals surface area (Å²) >= 11 is 0. The van der Waals surface area contributed by atoms with Crippen molar-refractivity contribution in [3.05, 3.63) is 0 Å². The van der Waals surface area contributed by atoms with Gasteiger partial charge in [0.25, 0.3) is 0 Å². The number of piperidine rings is 1. The highest BCUT2D eigenvalue weighted by molar-refractivity contribution is 5.82. The van der Waals surface area contributed by atoms with Crippen LogP contribution in [0.3, 0.4) is 0 Å². The molecule has 2 atom stereocenters. The van der Waals surface area contributed by atoms with Crippen molar-refractivity contribution in [2.75, 3.05) is 19.6 Å². The molecule has 21 heavy (non-hydrogen) atoms. The number of carboxylic acids is 1. The first-order chi connectivity index (χ1) is 10.0. The number of nitrogens with zero attached hydrogens (tertiary/aromatic N) is 1. The van der Waals surface area contributed by atoms with Crippen molar-refractivity contribution in [1.82, 2.24) is 10.2 Å². The fraction of sp³-hybridized carbons (Fsp3) is 0.800. The highest BCUT2D eigenvalue weighted by atomic mass is 16.4. The summed E-state index contributed by atoms with van der Waals surface area (Å²) in [5, 5.41) is 11.8. The Bertz CT molecular complexity index is 416. The van der Waals surface area contributed by atoms with Gasteiger partial charge in [0.2, 0.25) is 11.8 Å². The fourth-order valence-corrected chi connectivity index (χ4v) is 3.37. The molecule has 0 aromatic heterocycles. The first-order valence-corrected chi connectivity index (χ1v) is 7.82. The second kappa shape index (κ2) is 6.91. The normalized spacial score (nSPS) is 26.6. The van der Waals surface area contributed by atoms with E-state index in [0.717, 1.165) is 0 Å². The Morgan fingerprint density at radius 1 is 1.05 bits per heavy atom. The number of amides is 2. The van der Waals surface area contributed by atoms with Crippen LogP contribution >= 0.6 is 0 Å². The Hall–Kier alpha value is -1.59. The van der Waals surface area contributed by atoms with Gasteiger partial charge in [0.05, 0.1) is 5.92 Å². The molecule has 0 aromatic rings. The van der Waals surface area contributed by atoms with Crippen LogP contribution in [0.1, 0.15) is 39.0 Å². The smallest absolute Gasteiger partial charge is 0.306 e. The average molecular weight is 296 g/mol. The lowest BCUT2D eigenvalue weighted by Crippen LogP contribution is -2.44. The van der Waals surface area contributed by atoms with Crippen molar-refractivity contribution in [2.24, 2.45) is 17.8 Å². The number of carbonyl (C=O) groups excluding carboxylic acids is 2. The number of carboxylic acid groups (broad SMARTS) is 1. The molecule has 0 spiro atoms. The molecule has 2 rings (SSSR count). The van der Waals surface area contributed by atoms with E-state index in [1.54, 1.807) is 0 Å². The Morgan fingerprint density at radius 3 is 2.19 bits per heavy atom. The van der Waals surface area contributed by atoms with Gasteiger partial charge < -0.3 is 15.3 Å². The summed E-state index contributed by atoms with van der Waals surface area (Å²) < 4.78 is 0. The number of hydrogen-bond acceptors (Lipinski definition) is 3. The number of rotatable bonds is 4. The number of likely N-dealkylation sites (tertiary alicyclic amines) is 1. The van der Waals surface area contributed by atoms with Crippen LogP contribution in [0.25, 0.3) is 0 Å². The molecule has 2 unspecified atom stereocenters. The zero-order valence-electron chi connectivity index (χ0n) is 12.5. The molecule has 118 valence electrons. The molecule has 1 aliphatic heterocycles. The summed E-state index contributed by atoms with van der Waals surface area (Å²) in [5.74, 6) is -1.15. The van der Waals surface area contributed by atoms with E-state index < -0.39 is 5.97 Å². The fourth-order valence-electron chi connectivity index (χ4n) is 3.37. The molecule has 1 heterocycles. The minimum Gasteiger partial charge on any atom is -0.481 e. The minimum absolute atomic E-state index is 0.00402. The van der Waals surface area contributed by atoms with E-state index in [-0.39, 0.29) is 29.6 Å². The molecule has 6 nitrogen and oxygen atoms in total. The van der Waals surface area contributed by atoms with E-state index in [0.29, 0.717) is 51.7 Å². The highest BCUT2D eigenvalue weighted by Gasteiger charge is 2.37. The largest absolute Gasteiger partial charge is 0.481 e. The van der Waals surface area contributed by atoms with Crippen molar-refractivity contribution < 1.29 is 19.5 Å². The maximum absolute atomic E-state index is 12.4. The van der Waals surface area contributed by atoms with Crippen LogP contribution in [-0.2, 0) is 14.4 Å². The molecular formula is C15H24N2O4. The molecule has 6 heteroatoms. The summed E-state index contributed by atoms with van der Waals surface area (Å²) in [7, 11) is 0. The Balaban J connectivity index is 1.81. The molecule has 0 radical (unpaired) electrons. The Kier molecular flexibility index (Phi) is 5.20. The zero-order valence-corrected chi connectivity index (χ0v) is 12.5. The summed E-state index contributed by atoms with van der Waals surface area (Å²) in [6.07, 6.45) is 3.14. The SMILES string of the molecule is CCNC(=O)C1CCN(C(=O)C2CCC(C(=O)O)C2)CC1. The number of nitrogens with one attached hydrogen (secondary N) is 1. The molecule has 1 aliphatic carbocycles. The van der Waals surface area contributed by atoms with E-state index in [2.05, 4.69) is 5.32 Å². The Labute approximate surface area is 124 Å². The van der Waals surface area contributed by atoms with E-state index >= 15 is 0 Å². The highest BCUT2D eigenvalue weighted by Crippen LogP contribution is 2.33. The quantitative estimate of drug-likeness (QED) is 0.805. The van der Waals surface area contributed by atoms with Crippen molar-refractivity contribution >= 4 is 17.8 Å². The average Bonchev–Trinajstić information content (AvgIpc) is 2.97. The minimum atomic E-state index is -0.791. The van der Waals surface area contributed by atoms with E-state index in [9.17, 15) is 14.4 Å².